The average molecular weight is 330 g/mol. The van der Waals surface area contributed by atoms with Crippen molar-refractivity contribution in [2.24, 2.45) is 0 Å². The van der Waals surface area contributed by atoms with E-state index < -0.39 is 0 Å². The quantitative estimate of drug-likeness (QED) is 0.874. The summed E-state index contributed by atoms with van der Waals surface area (Å²) in [7, 11) is 1.51. The summed E-state index contributed by atoms with van der Waals surface area (Å²) in [5.41, 5.74) is 2.43. The molecule has 0 bridgehead atoms. The maximum Gasteiger partial charge on any atom is 0.320 e. The van der Waals surface area contributed by atoms with Gasteiger partial charge in [0.15, 0.2) is 11.6 Å². The monoisotopic (exact) mass is 329 g/mol. The molecule has 2 aromatic rings. The second-order valence-corrected chi connectivity index (χ2v) is 5.60. The topological polar surface area (TPSA) is 68.1 Å². The number of allylic oxidation sites excluding steroid dienone is 2. The molecular formula is C17H16ClN3O2. The molecule has 3 rings (SSSR count). The lowest BCUT2D eigenvalue weighted by Gasteiger charge is -2.17. The number of hydrogen-bond acceptors (Lipinski definition) is 5. The third kappa shape index (κ3) is 3.41. The van der Waals surface area contributed by atoms with Crippen LogP contribution in [0.3, 0.4) is 0 Å². The SMILES string of the molecule is COc1nc(C2=CC(CO)=CCC2Cl)nc(-c2ccccc2)n1. The predicted molar refractivity (Wildman–Crippen MR) is 89.2 cm³/mol. The molecule has 1 heterocycles. The molecule has 0 saturated carbocycles. The van der Waals surface area contributed by atoms with Gasteiger partial charge in [-0.15, -0.1) is 11.6 Å². The van der Waals surface area contributed by atoms with E-state index in [2.05, 4.69) is 15.0 Å². The molecule has 1 aliphatic rings. The van der Waals surface area contributed by atoms with Crippen molar-refractivity contribution in [2.45, 2.75) is 11.8 Å². The first-order valence-electron chi connectivity index (χ1n) is 7.22. The number of aromatic nitrogens is 3. The Morgan fingerprint density at radius 3 is 2.61 bits per heavy atom. The minimum Gasteiger partial charge on any atom is -0.467 e. The number of alkyl halides is 1. The molecule has 1 unspecified atom stereocenters. The maximum absolute atomic E-state index is 9.34. The van der Waals surface area contributed by atoms with Gasteiger partial charge in [0, 0.05) is 11.1 Å². The lowest BCUT2D eigenvalue weighted by Crippen LogP contribution is -2.12. The van der Waals surface area contributed by atoms with E-state index in [1.54, 1.807) is 0 Å². The molecule has 1 aromatic carbocycles. The van der Waals surface area contributed by atoms with Crippen molar-refractivity contribution in [1.82, 2.24) is 15.0 Å². The molecule has 23 heavy (non-hydrogen) atoms. The zero-order valence-corrected chi connectivity index (χ0v) is 13.4. The number of nitrogens with zero attached hydrogens (tertiary/aromatic N) is 3. The second-order valence-electron chi connectivity index (χ2n) is 5.08. The van der Waals surface area contributed by atoms with E-state index in [0.29, 0.717) is 18.1 Å². The van der Waals surface area contributed by atoms with Crippen molar-refractivity contribution in [2.75, 3.05) is 13.7 Å². The molecule has 1 atom stereocenters. The number of methoxy groups -OCH3 is 1. The van der Waals surface area contributed by atoms with Gasteiger partial charge in [-0.05, 0) is 18.1 Å². The Balaban J connectivity index is 2.09. The van der Waals surface area contributed by atoms with Gasteiger partial charge in [-0.25, -0.2) is 4.98 Å². The molecule has 0 spiro atoms. The van der Waals surface area contributed by atoms with Crippen LogP contribution >= 0.6 is 11.6 Å². The summed E-state index contributed by atoms with van der Waals surface area (Å²) < 4.78 is 5.20. The Morgan fingerprint density at radius 1 is 1.17 bits per heavy atom. The van der Waals surface area contributed by atoms with Crippen LogP contribution in [0.4, 0.5) is 0 Å². The lowest BCUT2D eigenvalue weighted by atomic mass is 9.98. The number of rotatable bonds is 4. The molecule has 6 heteroatoms. The lowest BCUT2D eigenvalue weighted by molar-refractivity contribution is 0.334. The van der Waals surface area contributed by atoms with Crippen LogP contribution in [-0.4, -0.2) is 39.2 Å². The highest BCUT2D eigenvalue weighted by molar-refractivity contribution is 6.26. The van der Waals surface area contributed by atoms with E-state index in [9.17, 15) is 5.11 Å². The third-order valence-corrected chi connectivity index (χ3v) is 3.95. The Hall–Kier alpha value is -2.24. The summed E-state index contributed by atoms with van der Waals surface area (Å²) in [6.45, 7) is -0.0408. The maximum atomic E-state index is 9.34. The van der Waals surface area contributed by atoms with Gasteiger partial charge in [-0.2, -0.15) is 9.97 Å². The van der Waals surface area contributed by atoms with E-state index in [-0.39, 0.29) is 18.0 Å². The van der Waals surface area contributed by atoms with E-state index in [0.717, 1.165) is 16.7 Å². The van der Waals surface area contributed by atoms with E-state index in [4.69, 9.17) is 16.3 Å². The summed E-state index contributed by atoms with van der Waals surface area (Å²) in [4.78, 5) is 13.1. The fourth-order valence-corrected chi connectivity index (χ4v) is 2.59. The van der Waals surface area contributed by atoms with Gasteiger partial charge in [0.05, 0.1) is 19.1 Å². The Morgan fingerprint density at radius 2 is 1.91 bits per heavy atom. The van der Waals surface area contributed by atoms with Crippen molar-refractivity contribution >= 4 is 17.2 Å². The van der Waals surface area contributed by atoms with Crippen LogP contribution in [0.2, 0.25) is 0 Å². The number of halogens is 1. The molecule has 1 N–H and O–H groups in total. The minimum atomic E-state index is -0.249. The van der Waals surface area contributed by atoms with Crippen LogP contribution in [0.5, 0.6) is 6.01 Å². The van der Waals surface area contributed by atoms with Gasteiger partial charge in [-0.1, -0.05) is 36.4 Å². The van der Waals surface area contributed by atoms with Crippen molar-refractivity contribution in [3.63, 3.8) is 0 Å². The fourth-order valence-electron chi connectivity index (χ4n) is 2.34. The van der Waals surface area contributed by atoms with Gasteiger partial charge in [0.2, 0.25) is 0 Å². The number of ether oxygens (including phenoxy) is 1. The Kier molecular flexibility index (Phi) is 4.69. The van der Waals surface area contributed by atoms with E-state index in [1.165, 1.54) is 7.11 Å². The first kappa shape index (κ1) is 15.6. The summed E-state index contributed by atoms with van der Waals surface area (Å²) in [6.07, 6.45) is 4.36. The van der Waals surface area contributed by atoms with Crippen molar-refractivity contribution in [3.05, 3.63) is 53.9 Å². The van der Waals surface area contributed by atoms with Crippen LogP contribution in [-0.2, 0) is 0 Å². The highest BCUT2D eigenvalue weighted by Crippen LogP contribution is 2.30. The van der Waals surface area contributed by atoms with Gasteiger partial charge >= 0.3 is 6.01 Å². The number of benzene rings is 1. The molecule has 5 nitrogen and oxygen atoms in total. The van der Waals surface area contributed by atoms with E-state index in [1.807, 2.05) is 42.5 Å². The summed E-state index contributed by atoms with van der Waals surface area (Å²) >= 11 is 6.40. The summed E-state index contributed by atoms with van der Waals surface area (Å²) in [6, 6.07) is 9.85. The van der Waals surface area contributed by atoms with Crippen LogP contribution < -0.4 is 4.74 Å². The zero-order chi connectivity index (χ0) is 16.2. The van der Waals surface area contributed by atoms with Crippen LogP contribution in [0.15, 0.2) is 48.1 Å². The Labute approximate surface area is 139 Å². The highest BCUT2D eigenvalue weighted by Gasteiger charge is 2.21. The standard InChI is InChI=1S/C17H16ClN3O2/c1-23-17-20-15(12-5-3-2-4-6-12)19-16(21-17)13-9-11(10-22)7-8-14(13)18/h2-7,9,14,22H,8,10H2,1H3. The minimum absolute atomic E-state index is 0.0408. The molecule has 0 saturated heterocycles. The van der Waals surface area contributed by atoms with Crippen molar-refractivity contribution < 1.29 is 9.84 Å². The normalized spacial score (nSPS) is 17.4. The highest BCUT2D eigenvalue weighted by atomic mass is 35.5. The molecular weight excluding hydrogens is 314 g/mol. The van der Waals surface area contributed by atoms with Crippen molar-refractivity contribution in [1.29, 1.82) is 0 Å². The van der Waals surface area contributed by atoms with Crippen LogP contribution in [0, 0.1) is 0 Å². The third-order valence-electron chi connectivity index (χ3n) is 3.54. The number of aliphatic hydroxyl groups excluding tert-OH is 1. The Bertz CT molecular complexity index is 760. The molecule has 0 aliphatic heterocycles. The van der Waals surface area contributed by atoms with Gasteiger partial charge in [-0.3, -0.25) is 0 Å². The van der Waals surface area contributed by atoms with E-state index >= 15 is 0 Å². The molecule has 118 valence electrons. The average Bonchev–Trinajstić information content (AvgIpc) is 2.62. The largest absolute Gasteiger partial charge is 0.467 e. The number of aliphatic hydroxyl groups is 1. The summed E-state index contributed by atoms with van der Waals surface area (Å²) in [5.74, 6) is 0.993. The first-order chi connectivity index (χ1) is 11.2. The van der Waals surface area contributed by atoms with Crippen LogP contribution in [0.25, 0.3) is 17.0 Å². The first-order valence-corrected chi connectivity index (χ1v) is 7.66. The fraction of sp³-hybridized carbons (Fsp3) is 0.235. The van der Waals surface area contributed by atoms with Gasteiger partial charge < -0.3 is 9.84 Å². The smallest absolute Gasteiger partial charge is 0.320 e. The number of hydrogen-bond donors (Lipinski definition) is 1. The molecule has 0 amide bonds. The predicted octanol–water partition coefficient (Wildman–Crippen LogP) is 2.86. The molecule has 1 aromatic heterocycles. The van der Waals surface area contributed by atoms with Crippen molar-refractivity contribution in [3.8, 4) is 17.4 Å². The van der Waals surface area contributed by atoms with Crippen LogP contribution in [0.1, 0.15) is 12.2 Å². The molecule has 1 aliphatic carbocycles. The molecule has 0 fully saturated rings. The zero-order valence-electron chi connectivity index (χ0n) is 12.6. The van der Waals surface area contributed by atoms with Gasteiger partial charge in [0.25, 0.3) is 0 Å². The second kappa shape index (κ2) is 6.89. The van der Waals surface area contributed by atoms with Gasteiger partial charge in [0.1, 0.15) is 0 Å². The summed E-state index contributed by atoms with van der Waals surface area (Å²) in [5, 5.41) is 9.09. The molecule has 0 radical (unpaired) electrons.